The summed E-state index contributed by atoms with van der Waals surface area (Å²) in [5.41, 5.74) is 3.74. The molecule has 1 spiro atoms. The lowest BCUT2D eigenvalue weighted by molar-refractivity contribution is -0.384. The molecule has 0 bridgehead atoms. The number of piperidine rings is 2. The maximum Gasteiger partial charge on any atom is 0.293 e. The summed E-state index contributed by atoms with van der Waals surface area (Å²) in [7, 11) is -4.38. The van der Waals surface area contributed by atoms with Crippen molar-refractivity contribution in [2.24, 2.45) is 11.3 Å². The van der Waals surface area contributed by atoms with Crippen molar-refractivity contribution in [3.05, 3.63) is 93.5 Å². The van der Waals surface area contributed by atoms with E-state index in [4.69, 9.17) is 0 Å². The number of hydrogen-bond acceptors (Lipinski definition) is 9. The number of likely N-dealkylation sites (tertiary alicyclic amines) is 1. The van der Waals surface area contributed by atoms with Crippen LogP contribution in [0.3, 0.4) is 0 Å². The second kappa shape index (κ2) is 15.9. The summed E-state index contributed by atoms with van der Waals surface area (Å²) in [4.78, 5) is 29.2. The number of benzene rings is 3. The largest absolute Gasteiger partial charge is 0.390 e. The van der Waals surface area contributed by atoms with Crippen LogP contribution in [0.15, 0.2) is 71.6 Å². The van der Waals surface area contributed by atoms with Gasteiger partial charge >= 0.3 is 0 Å². The van der Waals surface area contributed by atoms with Gasteiger partial charge in [-0.25, -0.2) is 13.1 Å². The normalized spacial score (nSPS) is 24.7. The molecule has 1 amide bonds. The molecule has 2 heterocycles. The van der Waals surface area contributed by atoms with E-state index in [9.17, 15) is 28.4 Å². The number of nitro benzene ring substituents is 1. The third-order valence-electron chi connectivity index (χ3n) is 13.1. The molecule has 2 saturated heterocycles. The van der Waals surface area contributed by atoms with E-state index >= 15 is 0 Å². The van der Waals surface area contributed by atoms with E-state index in [2.05, 4.69) is 58.0 Å². The summed E-state index contributed by atoms with van der Waals surface area (Å²) in [6, 6.07) is 20.8. The number of nitrogens with one attached hydrogen (secondary N) is 2. The molecule has 296 valence electrons. The molecular formula is C43H57N5O6S. The van der Waals surface area contributed by atoms with Crippen molar-refractivity contribution in [2.45, 2.75) is 120 Å². The Hall–Kier alpha value is -4.00. The highest BCUT2D eigenvalue weighted by atomic mass is 32.2. The van der Waals surface area contributed by atoms with Gasteiger partial charge in [0.25, 0.3) is 21.6 Å². The molecule has 0 aromatic heterocycles. The molecule has 2 aliphatic carbocycles. The predicted octanol–water partition coefficient (Wildman–Crippen LogP) is 8.17. The Morgan fingerprint density at radius 1 is 0.945 bits per heavy atom. The van der Waals surface area contributed by atoms with Gasteiger partial charge in [0, 0.05) is 49.0 Å². The number of hydrogen-bond donors (Lipinski definition) is 3. The Kier molecular flexibility index (Phi) is 11.3. The van der Waals surface area contributed by atoms with Gasteiger partial charge in [-0.3, -0.25) is 19.8 Å². The van der Waals surface area contributed by atoms with Crippen LogP contribution in [0.5, 0.6) is 0 Å². The standard InChI is InChI=1S/C43H57N5O6S/c1-30(2)36-8-4-5-9-37(36)39-10-6-7-23-47(39)34-27-43(28-34)21-24-46(25-22-43)33-13-11-32(12-14-33)41(49)45-55(53,54)35-15-16-38(40(26-35)48(51)52)44-29-31-17-19-42(3,50)20-18-31/h4-5,8-9,11-16,26,30-31,34,39,44,50H,6-7,10,17-25,27-29H2,1-3H3,(H,45,49)/t31?,39-,42?/m0/s1. The number of anilines is 2. The fraction of sp³-hybridized carbons (Fsp3) is 0.558. The maximum absolute atomic E-state index is 13.2. The number of nitro groups is 1. The van der Waals surface area contributed by atoms with Crippen LogP contribution < -0.4 is 14.9 Å². The van der Waals surface area contributed by atoms with Gasteiger partial charge in [0.05, 0.1) is 15.4 Å². The molecular weight excluding hydrogens is 715 g/mol. The zero-order valence-electron chi connectivity index (χ0n) is 32.5. The van der Waals surface area contributed by atoms with Crippen LogP contribution in [0.25, 0.3) is 0 Å². The molecule has 0 radical (unpaired) electrons. The average molecular weight is 772 g/mol. The van der Waals surface area contributed by atoms with Gasteiger partial charge in [-0.1, -0.05) is 44.5 Å². The fourth-order valence-electron chi connectivity index (χ4n) is 9.69. The maximum atomic E-state index is 13.2. The van der Waals surface area contributed by atoms with Crippen molar-refractivity contribution in [3.63, 3.8) is 0 Å². The molecule has 4 fully saturated rings. The number of nitrogens with zero attached hydrogens (tertiary/aromatic N) is 3. The molecule has 0 unspecified atom stereocenters. The van der Waals surface area contributed by atoms with E-state index in [1.54, 1.807) is 12.1 Å². The second-order valence-corrected chi connectivity index (χ2v) is 19.0. The van der Waals surface area contributed by atoms with Gasteiger partial charge in [-0.05, 0) is 142 Å². The molecule has 4 aliphatic rings. The summed E-state index contributed by atoms with van der Waals surface area (Å²) >= 11 is 0. The molecule has 11 nitrogen and oxygen atoms in total. The molecule has 2 saturated carbocycles. The fourth-order valence-corrected chi connectivity index (χ4v) is 10.7. The van der Waals surface area contributed by atoms with Gasteiger partial charge in [-0.2, -0.15) is 0 Å². The molecule has 3 N–H and O–H groups in total. The molecule has 2 aliphatic heterocycles. The third kappa shape index (κ3) is 8.71. The summed E-state index contributed by atoms with van der Waals surface area (Å²) in [6.07, 6.45) is 11.5. The average Bonchev–Trinajstić information content (AvgIpc) is 3.16. The van der Waals surface area contributed by atoms with Crippen molar-refractivity contribution >= 4 is 33.0 Å². The van der Waals surface area contributed by atoms with Gasteiger partial charge < -0.3 is 15.3 Å². The lowest BCUT2D eigenvalue weighted by Gasteiger charge is -2.57. The summed E-state index contributed by atoms with van der Waals surface area (Å²) < 4.78 is 28.5. The van der Waals surface area contributed by atoms with E-state index in [-0.39, 0.29) is 27.8 Å². The lowest BCUT2D eigenvalue weighted by atomic mass is 9.59. The highest BCUT2D eigenvalue weighted by Gasteiger charge is 2.49. The zero-order chi connectivity index (χ0) is 39.0. The van der Waals surface area contributed by atoms with E-state index in [0.29, 0.717) is 42.8 Å². The van der Waals surface area contributed by atoms with Crippen LogP contribution in [0.4, 0.5) is 17.1 Å². The van der Waals surface area contributed by atoms with Crippen LogP contribution in [0, 0.1) is 21.4 Å². The Bertz CT molecular complexity index is 1960. The van der Waals surface area contributed by atoms with E-state index < -0.39 is 26.5 Å². The number of sulfonamides is 1. The molecule has 12 heteroatoms. The van der Waals surface area contributed by atoms with Crippen molar-refractivity contribution in [1.82, 2.24) is 9.62 Å². The van der Waals surface area contributed by atoms with Gasteiger partial charge in [0.15, 0.2) is 0 Å². The first-order chi connectivity index (χ1) is 26.2. The van der Waals surface area contributed by atoms with Crippen LogP contribution >= 0.6 is 0 Å². The minimum absolute atomic E-state index is 0.192. The first-order valence-corrected chi connectivity index (χ1v) is 21.7. The third-order valence-corrected chi connectivity index (χ3v) is 14.4. The highest BCUT2D eigenvalue weighted by Crippen LogP contribution is 2.54. The SMILES string of the molecule is CC(C)c1ccccc1[C@@H]1CCCCN1C1CC2(CCN(c3ccc(C(=O)NS(=O)(=O)c4ccc(NCC5CCC(C)(O)CC5)c([N+](=O)[O-])c4)cc3)CC2)C1. The van der Waals surface area contributed by atoms with Crippen molar-refractivity contribution < 1.29 is 23.2 Å². The van der Waals surface area contributed by atoms with Gasteiger partial charge in [0.2, 0.25) is 0 Å². The number of amides is 1. The van der Waals surface area contributed by atoms with Crippen LogP contribution in [-0.4, -0.2) is 67.1 Å². The summed E-state index contributed by atoms with van der Waals surface area (Å²) in [5, 5.41) is 25.2. The van der Waals surface area contributed by atoms with Crippen molar-refractivity contribution in [3.8, 4) is 0 Å². The molecule has 3 aromatic rings. The number of carbonyl (C=O) groups is 1. The van der Waals surface area contributed by atoms with Crippen molar-refractivity contribution in [2.75, 3.05) is 36.4 Å². The quantitative estimate of drug-likeness (QED) is 0.130. The zero-order valence-corrected chi connectivity index (χ0v) is 33.3. The monoisotopic (exact) mass is 771 g/mol. The van der Waals surface area contributed by atoms with E-state index in [0.717, 1.165) is 50.5 Å². The minimum atomic E-state index is -4.38. The number of carbonyl (C=O) groups excluding carboxylic acids is 1. The number of rotatable bonds is 11. The first-order valence-electron chi connectivity index (χ1n) is 20.2. The molecule has 1 atom stereocenters. The van der Waals surface area contributed by atoms with Gasteiger partial charge in [-0.15, -0.1) is 0 Å². The Labute approximate surface area is 326 Å². The first kappa shape index (κ1) is 39.2. The van der Waals surface area contributed by atoms with E-state index in [1.165, 1.54) is 61.9 Å². The van der Waals surface area contributed by atoms with Crippen LogP contribution in [0.1, 0.15) is 125 Å². The highest BCUT2D eigenvalue weighted by molar-refractivity contribution is 7.90. The predicted molar refractivity (Wildman–Crippen MR) is 216 cm³/mol. The van der Waals surface area contributed by atoms with Crippen LogP contribution in [0.2, 0.25) is 0 Å². The van der Waals surface area contributed by atoms with Gasteiger partial charge in [0.1, 0.15) is 5.69 Å². The summed E-state index contributed by atoms with van der Waals surface area (Å²) in [5.74, 6) is -0.0355. The minimum Gasteiger partial charge on any atom is -0.390 e. The molecule has 7 rings (SSSR count). The Morgan fingerprint density at radius 3 is 2.31 bits per heavy atom. The summed E-state index contributed by atoms with van der Waals surface area (Å²) in [6.45, 7) is 9.96. The van der Waals surface area contributed by atoms with Crippen LogP contribution in [-0.2, 0) is 10.0 Å². The van der Waals surface area contributed by atoms with Crippen molar-refractivity contribution in [1.29, 1.82) is 0 Å². The Balaban J connectivity index is 0.920. The molecule has 3 aromatic carbocycles. The number of aliphatic hydroxyl groups is 1. The van der Waals surface area contributed by atoms with E-state index in [1.807, 2.05) is 19.1 Å². The second-order valence-electron chi connectivity index (χ2n) is 17.3. The topological polar surface area (TPSA) is 145 Å². The Morgan fingerprint density at radius 2 is 1.64 bits per heavy atom. The lowest BCUT2D eigenvalue weighted by Crippen LogP contribution is -2.56. The molecule has 55 heavy (non-hydrogen) atoms. The smallest absolute Gasteiger partial charge is 0.293 e.